The van der Waals surface area contributed by atoms with Crippen LogP contribution in [0, 0.1) is 6.92 Å². The first-order chi connectivity index (χ1) is 10.7. The van der Waals surface area contributed by atoms with Gasteiger partial charge in [0.05, 0.1) is 11.4 Å². The van der Waals surface area contributed by atoms with E-state index in [0.717, 1.165) is 35.4 Å². The zero-order valence-electron chi connectivity index (χ0n) is 12.7. The lowest BCUT2D eigenvalue weighted by Crippen LogP contribution is -2.23. The van der Waals surface area contributed by atoms with Gasteiger partial charge in [-0.15, -0.1) is 0 Å². The van der Waals surface area contributed by atoms with Crippen LogP contribution in [0.3, 0.4) is 0 Å². The standard InChI is InChI=1S/C17H18N4O/c1-3-8-15-16(14-9-5-4-6-10-14)13(2)19-21(15)17(22)20-12-7-11-18-20/h4-7,9-12H,3,8H2,1-2H3. The number of hydrogen-bond donors (Lipinski definition) is 0. The summed E-state index contributed by atoms with van der Waals surface area (Å²) in [5.41, 5.74) is 3.92. The van der Waals surface area contributed by atoms with E-state index in [1.54, 1.807) is 18.5 Å². The van der Waals surface area contributed by atoms with Crippen molar-refractivity contribution in [2.45, 2.75) is 26.7 Å². The SMILES string of the molecule is CCCc1c(-c2ccccc2)c(C)nn1C(=O)n1cccn1. The molecule has 0 fully saturated rings. The number of carbonyl (C=O) groups is 1. The molecule has 0 unspecified atom stereocenters. The van der Waals surface area contributed by atoms with Crippen LogP contribution in [0.1, 0.15) is 24.7 Å². The van der Waals surface area contributed by atoms with E-state index in [4.69, 9.17) is 0 Å². The minimum absolute atomic E-state index is 0.251. The number of aryl methyl sites for hydroxylation is 1. The Bertz CT molecular complexity index is 773. The lowest BCUT2D eigenvalue weighted by atomic mass is 10.0. The molecule has 5 heteroatoms. The summed E-state index contributed by atoms with van der Waals surface area (Å²) in [6.45, 7) is 4.04. The van der Waals surface area contributed by atoms with E-state index in [0.29, 0.717) is 0 Å². The Hall–Kier alpha value is -2.69. The number of aromatic nitrogens is 4. The lowest BCUT2D eigenvalue weighted by molar-refractivity contribution is 0.237. The number of carbonyl (C=O) groups excluding carboxylic acids is 1. The highest BCUT2D eigenvalue weighted by atomic mass is 16.2. The van der Waals surface area contributed by atoms with Gasteiger partial charge in [0.1, 0.15) is 0 Å². The first-order valence-corrected chi connectivity index (χ1v) is 7.40. The van der Waals surface area contributed by atoms with Gasteiger partial charge in [-0.05, 0) is 25.0 Å². The van der Waals surface area contributed by atoms with Crippen molar-refractivity contribution in [3.05, 3.63) is 60.2 Å². The van der Waals surface area contributed by atoms with Gasteiger partial charge in [-0.3, -0.25) is 0 Å². The Morgan fingerprint density at radius 2 is 1.95 bits per heavy atom. The first kappa shape index (κ1) is 14.3. The molecule has 0 saturated carbocycles. The first-order valence-electron chi connectivity index (χ1n) is 7.40. The second-order valence-electron chi connectivity index (χ2n) is 5.17. The molecule has 112 valence electrons. The van der Waals surface area contributed by atoms with Gasteiger partial charge in [-0.2, -0.15) is 19.6 Å². The predicted molar refractivity (Wildman–Crippen MR) is 84.8 cm³/mol. The molecule has 2 aromatic heterocycles. The predicted octanol–water partition coefficient (Wildman–Crippen LogP) is 3.52. The Morgan fingerprint density at radius 3 is 2.59 bits per heavy atom. The van der Waals surface area contributed by atoms with Crippen LogP contribution < -0.4 is 0 Å². The molecular formula is C17H18N4O. The third-order valence-electron chi connectivity index (χ3n) is 3.59. The van der Waals surface area contributed by atoms with Crippen LogP contribution in [-0.2, 0) is 6.42 Å². The largest absolute Gasteiger partial charge is 0.369 e. The second-order valence-corrected chi connectivity index (χ2v) is 5.17. The number of rotatable bonds is 3. The summed E-state index contributed by atoms with van der Waals surface area (Å²) < 4.78 is 2.79. The maximum absolute atomic E-state index is 12.6. The average molecular weight is 294 g/mol. The minimum Gasteiger partial charge on any atom is -0.244 e. The summed E-state index contributed by atoms with van der Waals surface area (Å²) in [6.07, 6.45) is 4.96. The van der Waals surface area contributed by atoms with E-state index >= 15 is 0 Å². The Balaban J connectivity index is 2.14. The molecule has 0 atom stereocenters. The summed E-state index contributed by atoms with van der Waals surface area (Å²) in [4.78, 5) is 12.6. The number of hydrogen-bond acceptors (Lipinski definition) is 3. The van der Waals surface area contributed by atoms with E-state index in [1.165, 1.54) is 9.36 Å². The molecule has 0 spiro atoms. The molecule has 0 radical (unpaired) electrons. The van der Waals surface area contributed by atoms with Crippen molar-refractivity contribution in [2.75, 3.05) is 0 Å². The fraction of sp³-hybridized carbons (Fsp3) is 0.235. The van der Waals surface area contributed by atoms with Gasteiger partial charge >= 0.3 is 6.03 Å². The molecule has 0 saturated heterocycles. The van der Waals surface area contributed by atoms with Crippen LogP contribution in [0.5, 0.6) is 0 Å². The third-order valence-corrected chi connectivity index (χ3v) is 3.59. The van der Waals surface area contributed by atoms with Crippen molar-refractivity contribution < 1.29 is 4.79 Å². The van der Waals surface area contributed by atoms with Crippen LogP contribution in [0.4, 0.5) is 4.79 Å². The normalized spacial score (nSPS) is 10.8. The van der Waals surface area contributed by atoms with Gasteiger partial charge in [0.2, 0.25) is 0 Å². The summed E-state index contributed by atoms with van der Waals surface area (Å²) in [5.74, 6) is 0. The van der Waals surface area contributed by atoms with Gasteiger partial charge in [0.15, 0.2) is 0 Å². The molecule has 0 bridgehead atoms. The highest BCUT2D eigenvalue weighted by Gasteiger charge is 2.21. The molecular weight excluding hydrogens is 276 g/mol. The average Bonchev–Trinajstić information content (AvgIpc) is 3.16. The monoisotopic (exact) mass is 294 g/mol. The minimum atomic E-state index is -0.251. The molecule has 0 amide bonds. The van der Waals surface area contributed by atoms with E-state index in [9.17, 15) is 4.79 Å². The van der Waals surface area contributed by atoms with Crippen LogP contribution in [0.15, 0.2) is 48.8 Å². The van der Waals surface area contributed by atoms with Crippen molar-refractivity contribution in [3.8, 4) is 11.1 Å². The molecule has 1 aromatic carbocycles. The lowest BCUT2D eigenvalue weighted by Gasteiger charge is -2.08. The molecule has 0 aliphatic rings. The van der Waals surface area contributed by atoms with Crippen molar-refractivity contribution in [2.24, 2.45) is 0 Å². The van der Waals surface area contributed by atoms with Crippen LogP contribution in [0.25, 0.3) is 11.1 Å². The van der Waals surface area contributed by atoms with Crippen molar-refractivity contribution >= 4 is 6.03 Å². The highest BCUT2D eigenvalue weighted by molar-refractivity contribution is 5.81. The van der Waals surface area contributed by atoms with Gasteiger partial charge < -0.3 is 0 Å². The van der Waals surface area contributed by atoms with Crippen LogP contribution in [0.2, 0.25) is 0 Å². The zero-order valence-corrected chi connectivity index (χ0v) is 12.7. The fourth-order valence-corrected chi connectivity index (χ4v) is 2.66. The van der Waals surface area contributed by atoms with Crippen molar-refractivity contribution in [1.82, 2.24) is 19.6 Å². The topological polar surface area (TPSA) is 52.7 Å². The molecule has 3 aromatic rings. The van der Waals surface area contributed by atoms with E-state index in [-0.39, 0.29) is 6.03 Å². The van der Waals surface area contributed by atoms with Gasteiger partial charge in [-0.1, -0.05) is 43.7 Å². The van der Waals surface area contributed by atoms with E-state index in [2.05, 4.69) is 17.1 Å². The second kappa shape index (κ2) is 5.97. The third kappa shape index (κ3) is 2.45. The molecule has 5 nitrogen and oxygen atoms in total. The summed E-state index contributed by atoms with van der Waals surface area (Å²) in [5, 5.41) is 8.48. The smallest absolute Gasteiger partial charge is 0.244 e. The molecule has 0 N–H and O–H groups in total. The number of benzene rings is 1. The van der Waals surface area contributed by atoms with Crippen molar-refractivity contribution in [3.63, 3.8) is 0 Å². The van der Waals surface area contributed by atoms with Gasteiger partial charge in [-0.25, -0.2) is 4.79 Å². The Kier molecular flexibility index (Phi) is 3.87. The molecule has 0 aliphatic heterocycles. The zero-order chi connectivity index (χ0) is 15.5. The highest BCUT2D eigenvalue weighted by Crippen LogP contribution is 2.28. The summed E-state index contributed by atoms with van der Waals surface area (Å²) >= 11 is 0. The molecule has 2 heterocycles. The number of nitrogens with zero attached hydrogens (tertiary/aromatic N) is 4. The summed E-state index contributed by atoms with van der Waals surface area (Å²) in [6, 6.07) is 11.6. The summed E-state index contributed by atoms with van der Waals surface area (Å²) in [7, 11) is 0. The maximum atomic E-state index is 12.6. The maximum Gasteiger partial charge on any atom is 0.369 e. The Morgan fingerprint density at radius 1 is 1.18 bits per heavy atom. The molecule has 0 aliphatic carbocycles. The Labute approximate surface area is 129 Å². The van der Waals surface area contributed by atoms with Gasteiger partial charge in [0.25, 0.3) is 0 Å². The van der Waals surface area contributed by atoms with Gasteiger partial charge in [0, 0.05) is 18.0 Å². The van der Waals surface area contributed by atoms with E-state index in [1.807, 2.05) is 37.3 Å². The van der Waals surface area contributed by atoms with Crippen LogP contribution in [-0.4, -0.2) is 25.6 Å². The molecule has 3 rings (SSSR count). The van der Waals surface area contributed by atoms with Crippen molar-refractivity contribution in [1.29, 1.82) is 0 Å². The molecule has 22 heavy (non-hydrogen) atoms. The quantitative estimate of drug-likeness (QED) is 0.742. The van der Waals surface area contributed by atoms with Crippen LogP contribution >= 0.6 is 0 Å². The fourth-order valence-electron chi connectivity index (χ4n) is 2.66. The van der Waals surface area contributed by atoms with E-state index < -0.39 is 0 Å².